The molecular weight excluding hydrogens is 290 g/mol. The fourth-order valence-corrected chi connectivity index (χ4v) is 3.89. The first-order valence-corrected chi connectivity index (χ1v) is 8.34. The molecule has 5 nitrogen and oxygen atoms in total. The van der Waals surface area contributed by atoms with Crippen LogP contribution in [0, 0.1) is 20.8 Å². The molecule has 23 heavy (non-hydrogen) atoms. The topological polar surface area (TPSA) is 52.7 Å². The van der Waals surface area contributed by atoms with Gasteiger partial charge in [-0.15, -0.1) is 0 Å². The lowest BCUT2D eigenvalue weighted by Crippen LogP contribution is -2.60. The Morgan fingerprint density at radius 1 is 1.22 bits per heavy atom. The van der Waals surface area contributed by atoms with Crippen LogP contribution >= 0.6 is 0 Å². The highest BCUT2D eigenvalue weighted by atomic mass is 16.2. The standard InChI is InChI=1S/C18H25N3O2/c1-11-8-12(2)16(13(3)9-11)19-18(23)21-10-15-6-5-7-20(15)17(22)14(21)4/h8-9,14-15H,5-7,10H2,1-4H3,(H,19,23)/t14-,15-/m0/s1. The van der Waals surface area contributed by atoms with E-state index in [9.17, 15) is 9.59 Å². The maximum atomic E-state index is 12.7. The van der Waals surface area contributed by atoms with Crippen LogP contribution in [0.1, 0.15) is 36.5 Å². The van der Waals surface area contributed by atoms with E-state index in [1.54, 1.807) is 4.90 Å². The van der Waals surface area contributed by atoms with E-state index >= 15 is 0 Å². The molecule has 124 valence electrons. The smallest absolute Gasteiger partial charge is 0.322 e. The van der Waals surface area contributed by atoms with Gasteiger partial charge >= 0.3 is 6.03 Å². The number of amides is 3. The van der Waals surface area contributed by atoms with Crippen molar-refractivity contribution in [1.29, 1.82) is 0 Å². The minimum Gasteiger partial charge on any atom is -0.336 e. The lowest BCUT2D eigenvalue weighted by atomic mass is 10.0. The zero-order valence-electron chi connectivity index (χ0n) is 14.3. The molecule has 0 unspecified atom stereocenters. The molecule has 3 amide bonds. The Morgan fingerprint density at radius 3 is 2.52 bits per heavy atom. The summed E-state index contributed by atoms with van der Waals surface area (Å²) in [5, 5.41) is 3.02. The van der Waals surface area contributed by atoms with Gasteiger partial charge in [0, 0.05) is 24.8 Å². The molecule has 2 fully saturated rings. The van der Waals surface area contributed by atoms with Crippen molar-refractivity contribution in [2.24, 2.45) is 0 Å². The quantitative estimate of drug-likeness (QED) is 0.866. The Kier molecular flexibility index (Phi) is 4.04. The number of hydrogen-bond donors (Lipinski definition) is 1. The zero-order valence-corrected chi connectivity index (χ0v) is 14.3. The molecule has 0 aromatic heterocycles. The SMILES string of the molecule is Cc1cc(C)c(NC(=O)N2C[C@@H]3CCCN3C(=O)[C@@H]2C)c(C)c1. The zero-order chi connectivity index (χ0) is 16.7. The molecule has 2 atom stereocenters. The Bertz CT molecular complexity index is 633. The summed E-state index contributed by atoms with van der Waals surface area (Å²) in [6.45, 7) is 9.33. The number of carbonyl (C=O) groups is 2. The van der Waals surface area contributed by atoms with Gasteiger partial charge in [0.2, 0.25) is 5.91 Å². The predicted molar refractivity (Wildman–Crippen MR) is 90.6 cm³/mol. The molecule has 2 aliphatic rings. The summed E-state index contributed by atoms with van der Waals surface area (Å²) in [6, 6.07) is 3.74. The van der Waals surface area contributed by atoms with Crippen LogP contribution in [-0.4, -0.2) is 46.9 Å². The molecule has 0 saturated carbocycles. The van der Waals surface area contributed by atoms with Gasteiger partial charge in [-0.2, -0.15) is 0 Å². The highest BCUT2D eigenvalue weighted by Crippen LogP contribution is 2.27. The van der Waals surface area contributed by atoms with Gasteiger partial charge < -0.3 is 15.1 Å². The lowest BCUT2D eigenvalue weighted by Gasteiger charge is -2.41. The monoisotopic (exact) mass is 315 g/mol. The number of fused-ring (bicyclic) bond motifs is 1. The molecule has 2 heterocycles. The number of anilines is 1. The Balaban J connectivity index is 1.79. The molecule has 5 heteroatoms. The second kappa shape index (κ2) is 5.87. The molecule has 3 rings (SSSR count). The number of nitrogens with one attached hydrogen (secondary N) is 1. The number of nitrogens with zero attached hydrogens (tertiary/aromatic N) is 2. The van der Waals surface area contributed by atoms with Gasteiger partial charge in [-0.05, 0) is 51.7 Å². The van der Waals surface area contributed by atoms with Crippen LogP contribution in [0.25, 0.3) is 0 Å². The first-order chi connectivity index (χ1) is 10.9. The number of urea groups is 1. The molecule has 1 N–H and O–H groups in total. The minimum absolute atomic E-state index is 0.0752. The second-order valence-corrected chi connectivity index (χ2v) is 6.86. The predicted octanol–water partition coefficient (Wildman–Crippen LogP) is 2.84. The van der Waals surface area contributed by atoms with E-state index in [4.69, 9.17) is 0 Å². The van der Waals surface area contributed by atoms with E-state index in [0.717, 1.165) is 36.2 Å². The first-order valence-electron chi connectivity index (χ1n) is 8.34. The van der Waals surface area contributed by atoms with E-state index in [2.05, 4.69) is 17.4 Å². The first kappa shape index (κ1) is 15.8. The third kappa shape index (κ3) is 2.80. The van der Waals surface area contributed by atoms with Gasteiger partial charge in [0.25, 0.3) is 0 Å². The normalized spacial score (nSPS) is 23.9. The molecule has 0 aliphatic carbocycles. The number of carbonyl (C=O) groups excluding carboxylic acids is 2. The van der Waals surface area contributed by atoms with Crippen molar-refractivity contribution in [2.75, 3.05) is 18.4 Å². The van der Waals surface area contributed by atoms with Crippen LogP contribution in [0.3, 0.4) is 0 Å². The van der Waals surface area contributed by atoms with Gasteiger partial charge in [-0.1, -0.05) is 17.7 Å². The lowest BCUT2D eigenvalue weighted by molar-refractivity contribution is -0.140. The largest absolute Gasteiger partial charge is 0.336 e. The van der Waals surface area contributed by atoms with E-state index in [-0.39, 0.29) is 18.0 Å². The van der Waals surface area contributed by atoms with Crippen molar-refractivity contribution in [3.05, 3.63) is 28.8 Å². The van der Waals surface area contributed by atoms with Crippen LogP contribution < -0.4 is 5.32 Å². The van der Waals surface area contributed by atoms with Crippen LogP contribution in [0.2, 0.25) is 0 Å². The fraction of sp³-hybridized carbons (Fsp3) is 0.556. The van der Waals surface area contributed by atoms with Crippen molar-refractivity contribution in [2.45, 2.75) is 52.6 Å². The van der Waals surface area contributed by atoms with Crippen molar-refractivity contribution < 1.29 is 9.59 Å². The van der Waals surface area contributed by atoms with Gasteiger partial charge in [-0.25, -0.2) is 4.79 Å². The molecule has 1 aromatic carbocycles. The van der Waals surface area contributed by atoms with Gasteiger partial charge in [0.15, 0.2) is 0 Å². The fourth-order valence-electron chi connectivity index (χ4n) is 3.89. The number of piperazine rings is 1. The molecule has 0 spiro atoms. The summed E-state index contributed by atoms with van der Waals surface area (Å²) in [4.78, 5) is 28.8. The van der Waals surface area contributed by atoms with Crippen LogP contribution in [0.4, 0.5) is 10.5 Å². The molecule has 1 aromatic rings. The number of benzene rings is 1. The van der Waals surface area contributed by atoms with Gasteiger partial charge in [0.05, 0.1) is 0 Å². The van der Waals surface area contributed by atoms with E-state index in [0.29, 0.717) is 6.54 Å². The number of hydrogen-bond acceptors (Lipinski definition) is 2. The van der Waals surface area contributed by atoms with Crippen LogP contribution in [-0.2, 0) is 4.79 Å². The van der Waals surface area contributed by atoms with E-state index in [1.807, 2.05) is 32.6 Å². The Hall–Kier alpha value is -2.04. The molecule has 0 radical (unpaired) electrons. The molecular formula is C18H25N3O2. The summed E-state index contributed by atoms with van der Waals surface area (Å²) in [7, 11) is 0. The van der Waals surface area contributed by atoms with Crippen LogP contribution in [0.5, 0.6) is 0 Å². The summed E-state index contributed by atoms with van der Waals surface area (Å²) in [5.74, 6) is 0.0752. The Labute approximate surface area is 137 Å². The average Bonchev–Trinajstić information content (AvgIpc) is 2.95. The van der Waals surface area contributed by atoms with Crippen molar-refractivity contribution >= 4 is 17.6 Å². The van der Waals surface area contributed by atoms with Gasteiger partial charge in [-0.3, -0.25) is 4.79 Å². The minimum atomic E-state index is -0.393. The van der Waals surface area contributed by atoms with E-state index < -0.39 is 6.04 Å². The number of aryl methyl sites for hydroxylation is 3. The summed E-state index contributed by atoms with van der Waals surface area (Å²) in [6.07, 6.45) is 2.03. The second-order valence-electron chi connectivity index (χ2n) is 6.86. The molecule has 2 saturated heterocycles. The summed E-state index contributed by atoms with van der Waals surface area (Å²) < 4.78 is 0. The van der Waals surface area contributed by atoms with Crippen molar-refractivity contribution in [3.63, 3.8) is 0 Å². The van der Waals surface area contributed by atoms with E-state index in [1.165, 1.54) is 5.56 Å². The average molecular weight is 315 g/mol. The highest BCUT2D eigenvalue weighted by molar-refractivity contribution is 5.95. The number of rotatable bonds is 1. The van der Waals surface area contributed by atoms with Crippen molar-refractivity contribution in [1.82, 2.24) is 9.80 Å². The van der Waals surface area contributed by atoms with Crippen LogP contribution in [0.15, 0.2) is 12.1 Å². The molecule has 2 aliphatic heterocycles. The summed E-state index contributed by atoms with van der Waals surface area (Å²) >= 11 is 0. The highest BCUT2D eigenvalue weighted by Gasteiger charge is 2.42. The van der Waals surface area contributed by atoms with Crippen molar-refractivity contribution in [3.8, 4) is 0 Å². The third-order valence-electron chi connectivity index (χ3n) is 5.06. The third-order valence-corrected chi connectivity index (χ3v) is 5.06. The Morgan fingerprint density at radius 2 is 1.87 bits per heavy atom. The maximum absolute atomic E-state index is 12.7. The maximum Gasteiger partial charge on any atom is 0.322 e. The molecule has 0 bridgehead atoms. The summed E-state index contributed by atoms with van der Waals surface area (Å²) in [5.41, 5.74) is 4.14. The van der Waals surface area contributed by atoms with Gasteiger partial charge in [0.1, 0.15) is 6.04 Å².